The number of aromatic nitrogens is 4. The molecule has 2 aliphatic carbocycles. The van der Waals surface area contributed by atoms with Gasteiger partial charge < -0.3 is 15.1 Å². The van der Waals surface area contributed by atoms with Gasteiger partial charge in [0.05, 0.1) is 16.8 Å². The lowest BCUT2D eigenvalue weighted by molar-refractivity contribution is 0.193. The molecule has 9 heteroatoms. The number of amides is 2. The van der Waals surface area contributed by atoms with Crippen molar-refractivity contribution in [1.29, 1.82) is 0 Å². The van der Waals surface area contributed by atoms with Crippen LogP contribution in [0.4, 0.5) is 15.0 Å². The monoisotopic (exact) mass is 547 g/mol. The highest BCUT2D eigenvalue weighted by atomic mass is 19.1. The van der Waals surface area contributed by atoms with Gasteiger partial charge in [-0.25, -0.2) is 23.8 Å². The first-order valence-electron chi connectivity index (χ1n) is 15.4. The molecule has 0 atom stereocenters. The van der Waals surface area contributed by atoms with Crippen molar-refractivity contribution in [3.05, 3.63) is 41.6 Å². The normalized spacial score (nSPS) is 19.6. The Hall–Kier alpha value is -3.23. The van der Waals surface area contributed by atoms with Crippen molar-refractivity contribution in [1.82, 2.24) is 30.0 Å². The highest BCUT2D eigenvalue weighted by Crippen LogP contribution is 2.32. The summed E-state index contributed by atoms with van der Waals surface area (Å²) in [5.41, 5.74) is 2.42. The van der Waals surface area contributed by atoms with Crippen LogP contribution < -0.4 is 10.2 Å². The largest absolute Gasteiger partial charge is 0.354 e. The number of nitrogens with zero attached hydrogens (tertiary/aromatic N) is 6. The maximum absolute atomic E-state index is 13.7. The molecule has 40 heavy (non-hydrogen) atoms. The maximum Gasteiger partial charge on any atom is 0.317 e. The Morgan fingerprint density at radius 2 is 1.62 bits per heavy atom. The fourth-order valence-electron chi connectivity index (χ4n) is 6.78. The van der Waals surface area contributed by atoms with Gasteiger partial charge >= 0.3 is 6.03 Å². The fraction of sp³-hybridized carbons (Fsp3) is 0.613. The molecule has 3 aromatic rings. The van der Waals surface area contributed by atoms with Crippen molar-refractivity contribution in [2.75, 3.05) is 31.1 Å². The minimum Gasteiger partial charge on any atom is -0.354 e. The second-order valence-corrected chi connectivity index (χ2v) is 12.0. The third kappa shape index (κ3) is 5.93. The van der Waals surface area contributed by atoms with Gasteiger partial charge in [0.1, 0.15) is 17.5 Å². The predicted octanol–water partition coefficient (Wildman–Crippen LogP) is 5.94. The number of urea groups is 1. The van der Waals surface area contributed by atoms with E-state index in [2.05, 4.69) is 10.2 Å². The lowest BCUT2D eigenvalue weighted by Gasteiger charge is -2.28. The standard InChI is InChI=1S/C31H42FN7O/c1-22-28-29(37-17-8-18-38(20-19-37)31(40)33-25-11-6-3-7-12-25)34-27(21-23-9-4-2-5-10-23)35-30(28)39(36-22)26-15-13-24(32)14-16-26/h13-16,23,25H,2-12,17-21H2,1H3,(H,33,40). The Kier molecular flexibility index (Phi) is 8.16. The second-order valence-electron chi connectivity index (χ2n) is 12.0. The molecule has 2 aromatic heterocycles. The van der Waals surface area contributed by atoms with Crippen molar-refractivity contribution in [3.63, 3.8) is 0 Å². The Labute approximate surface area is 236 Å². The van der Waals surface area contributed by atoms with Gasteiger partial charge in [-0.3, -0.25) is 0 Å². The van der Waals surface area contributed by atoms with E-state index in [1.54, 1.807) is 12.1 Å². The first-order valence-corrected chi connectivity index (χ1v) is 15.4. The van der Waals surface area contributed by atoms with Crippen LogP contribution in [0.3, 0.4) is 0 Å². The molecule has 0 bridgehead atoms. The molecule has 0 unspecified atom stereocenters. The molecule has 6 rings (SSSR count). The molecule has 214 valence electrons. The van der Waals surface area contributed by atoms with E-state index >= 15 is 0 Å². The molecule has 1 N–H and O–H groups in total. The van der Waals surface area contributed by atoms with Crippen molar-refractivity contribution < 1.29 is 9.18 Å². The average Bonchev–Trinajstić information content (AvgIpc) is 3.13. The summed E-state index contributed by atoms with van der Waals surface area (Å²) in [7, 11) is 0. The molecular weight excluding hydrogens is 505 g/mol. The molecule has 3 fully saturated rings. The van der Waals surface area contributed by atoms with Gasteiger partial charge in [-0.15, -0.1) is 0 Å². The number of carbonyl (C=O) groups is 1. The topological polar surface area (TPSA) is 79.2 Å². The molecule has 8 nitrogen and oxygen atoms in total. The van der Waals surface area contributed by atoms with E-state index in [0.717, 1.165) is 72.8 Å². The fourth-order valence-corrected chi connectivity index (χ4v) is 6.78. The summed E-state index contributed by atoms with van der Waals surface area (Å²) in [4.78, 5) is 27.7. The Balaban J connectivity index is 1.29. The van der Waals surface area contributed by atoms with Gasteiger partial charge in [-0.2, -0.15) is 5.10 Å². The second kappa shape index (κ2) is 12.1. The van der Waals surface area contributed by atoms with Crippen molar-refractivity contribution in [2.45, 2.75) is 90.0 Å². The number of hydrogen-bond acceptors (Lipinski definition) is 5. The van der Waals surface area contributed by atoms with Gasteiger partial charge in [0.25, 0.3) is 0 Å². The Morgan fingerprint density at radius 1 is 0.900 bits per heavy atom. The number of halogens is 1. The smallest absolute Gasteiger partial charge is 0.317 e. The van der Waals surface area contributed by atoms with E-state index in [1.807, 2.05) is 16.5 Å². The first kappa shape index (κ1) is 27.0. The highest BCUT2D eigenvalue weighted by Gasteiger charge is 2.27. The lowest BCUT2D eigenvalue weighted by Crippen LogP contribution is -2.46. The van der Waals surface area contributed by atoms with E-state index in [-0.39, 0.29) is 11.8 Å². The molecule has 1 aliphatic heterocycles. The van der Waals surface area contributed by atoms with Gasteiger partial charge in [0.2, 0.25) is 0 Å². The number of carbonyl (C=O) groups excluding carboxylic acids is 1. The summed E-state index contributed by atoms with van der Waals surface area (Å²) in [6, 6.07) is 6.80. The van der Waals surface area contributed by atoms with Crippen molar-refractivity contribution in [3.8, 4) is 5.69 Å². The van der Waals surface area contributed by atoms with E-state index in [4.69, 9.17) is 15.1 Å². The Bertz CT molecular complexity index is 1310. The summed E-state index contributed by atoms with van der Waals surface area (Å²) in [5, 5.41) is 9.09. The first-order chi connectivity index (χ1) is 19.5. The maximum atomic E-state index is 13.7. The molecule has 1 saturated heterocycles. The number of fused-ring (bicyclic) bond motifs is 1. The number of nitrogens with one attached hydrogen (secondary N) is 1. The number of benzene rings is 1. The van der Waals surface area contributed by atoms with Crippen molar-refractivity contribution >= 4 is 22.9 Å². The number of anilines is 1. The van der Waals surface area contributed by atoms with Crippen LogP contribution in [0, 0.1) is 18.7 Å². The van der Waals surface area contributed by atoms with Gasteiger partial charge in [0.15, 0.2) is 5.65 Å². The molecule has 2 amide bonds. The summed E-state index contributed by atoms with van der Waals surface area (Å²) in [6.07, 6.45) is 13.9. The molecule has 0 spiro atoms. The van der Waals surface area contributed by atoms with Crippen LogP contribution in [0.15, 0.2) is 24.3 Å². The van der Waals surface area contributed by atoms with E-state index < -0.39 is 0 Å². The zero-order valence-corrected chi connectivity index (χ0v) is 23.7. The van der Waals surface area contributed by atoms with Crippen LogP contribution in [0.1, 0.15) is 82.1 Å². The highest BCUT2D eigenvalue weighted by molar-refractivity contribution is 5.91. The molecule has 2 saturated carbocycles. The minimum atomic E-state index is -0.271. The number of rotatable bonds is 5. The zero-order valence-electron chi connectivity index (χ0n) is 23.7. The van der Waals surface area contributed by atoms with E-state index in [1.165, 1.54) is 63.5 Å². The van der Waals surface area contributed by atoms with Crippen LogP contribution >= 0.6 is 0 Å². The van der Waals surface area contributed by atoms with Crippen LogP contribution in [-0.4, -0.2) is 62.9 Å². The number of hydrogen-bond donors (Lipinski definition) is 1. The minimum absolute atomic E-state index is 0.0693. The van der Waals surface area contributed by atoms with Gasteiger partial charge in [-0.1, -0.05) is 51.4 Å². The Morgan fingerprint density at radius 3 is 2.38 bits per heavy atom. The summed E-state index contributed by atoms with van der Waals surface area (Å²) in [6.45, 7) is 4.94. The predicted molar refractivity (Wildman–Crippen MR) is 155 cm³/mol. The van der Waals surface area contributed by atoms with Crippen LogP contribution in [0.25, 0.3) is 16.7 Å². The summed E-state index contributed by atoms with van der Waals surface area (Å²) < 4.78 is 15.6. The summed E-state index contributed by atoms with van der Waals surface area (Å²) in [5.74, 6) is 2.10. The molecule has 0 radical (unpaired) electrons. The zero-order chi connectivity index (χ0) is 27.5. The SMILES string of the molecule is Cc1nn(-c2ccc(F)cc2)c2nc(CC3CCCCC3)nc(N3CCCN(C(=O)NC4CCCCC4)CC3)c12. The van der Waals surface area contributed by atoms with Crippen LogP contribution in [0.5, 0.6) is 0 Å². The third-order valence-corrected chi connectivity index (χ3v) is 9.01. The van der Waals surface area contributed by atoms with E-state index in [9.17, 15) is 9.18 Å². The van der Waals surface area contributed by atoms with Crippen molar-refractivity contribution in [2.24, 2.45) is 5.92 Å². The quantitative estimate of drug-likeness (QED) is 0.428. The van der Waals surface area contributed by atoms with Gasteiger partial charge in [-0.05, 0) is 56.4 Å². The summed E-state index contributed by atoms with van der Waals surface area (Å²) >= 11 is 0. The molecule has 1 aromatic carbocycles. The van der Waals surface area contributed by atoms with Gasteiger partial charge in [0, 0.05) is 38.6 Å². The van der Waals surface area contributed by atoms with E-state index in [0.29, 0.717) is 25.0 Å². The molecule has 3 aliphatic rings. The third-order valence-electron chi connectivity index (χ3n) is 9.01. The van der Waals surface area contributed by atoms with Crippen LogP contribution in [0.2, 0.25) is 0 Å². The van der Waals surface area contributed by atoms with Crippen LogP contribution in [-0.2, 0) is 6.42 Å². The number of aryl methyl sites for hydroxylation is 1. The molecule has 3 heterocycles. The average molecular weight is 548 g/mol. The molecular formula is C31H42FN7O. The lowest BCUT2D eigenvalue weighted by atomic mass is 9.87.